The summed E-state index contributed by atoms with van der Waals surface area (Å²) in [7, 11) is 0. The molecule has 0 aliphatic carbocycles. The van der Waals surface area contributed by atoms with E-state index in [9.17, 15) is 4.79 Å². The van der Waals surface area contributed by atoms with Gasteiger partial charge in [-0.15, -0.1) is 0 Å². The van der Waals surface area contributed by atoms with Crippen molar-refractivity contribution in [2.24, 2.45) is 0 Å². The normalized spacial score (nSPS) is 12.6. The molecule has 1 aliphatic rings. The van der Waals surface area contributed by atoms with Gasteiger partial charge in [-0.1, -0.05) is 12.1 Å². The molecule has 4 nitrogen and oxygen atoms in total. The minimum Gasteiger partial charge on any atom is -0.493 e. The van der Waals surface area contributed by atoms with E-state index in [0.717, 1.165) is 43.9 Å². The van der Waals surface area contributed by atoms with E-state index in [4.69, 9.17) is 4.74 Å². The van der Waals surface area contributed by atoms with Gasteiger partial charge < -0.3 is 9.64 Å². The van der Waals surface area contributed by atoms with Crippen LogP contribution in [0, 0.1) is 0 Å². The van der Waals surface area contributed by atoms with Gasteiger partial charge in [0, 0.05) is 31.9 Å². The van der Waals surface area contributed by atoms with E-state index in [1.54, 1.807) is 12.4 Å². The number of hydrogen-bond donors (Lipinski definition) is 0. The highest BCUT2D eigenvalue weighted by Gasteiger charge is 2.16. The van der Waals surface area contributed by atoms with Gasteiger partial charge >= 0.3 is 0 Å². The third-order valence-electron chi connectivity index (χ3n) is 4.26. The Morgan fingerprint density at radius 2 is 2.04 bits per heavy atom. The van der Waals surface area contributed by atoms with E-state index in [1.807, 2.05) is 36.1 Å². The number of carbonyl (C=O) groups is 1. The Balaban J connectivity index is 1.59. The number of benzene rings is 1. The van der Waals surface area contributed by atoms with Gasteiger partial charge in [-0.05, 0) is 48.2 Å². The molecular weight excluding hydrogens is 288 g/mol. The second-order valence-corrected chi connectivity index (χ2v) is 5.80. The molecule has 0 spiro atoms. The zero-order chi connectivity index (χ0) is 16.1. The van der Waals surface area contributed by atoms with Crippen molar-refractivity contribution in [3.8, 4) is 5.75 Å². The summed E-state index contributed by atoms with van der Waals surface area (Å²) < 4.78 is 5.51. The number of fused-ring (bicyclic) bond motifs is 1. The van der Waals surface area contributed by atoms with Crippen molar-refractivity contribution in [1.29, 1.82) is 0 Å². The van der Waals surface area contributed by atoms with Crippen LogP contribution in [0.1, 0.15) is 23.6 Å². The summed E-state index contributed by atoms with van der Waals surface area (Å²) in [6.45, 7) is 4.26. The second kappa shape index (κ2) is 7.27. The fourth-order valence-electron chi connectivity index (χ4n) is 2.91. The van der Waals surface area contributed by atoms with E-state index < -0.39 is 0 Å². The summed E-state index contributed by atoms with van der Waals surface area (Å²) in [6, 6.07) is 10.1. The highest BCUT2D eigenvalue weighted by atomic mass is 16.5. The maximum Gasteiger partial charge on any atom is 0.226 e. The van der Waals surface area contributed by atoms with E-state index in [-0.39, 0.29) is 5.91 Å². The van der Waals surface area contributed by atoms with Gasteiger partial charge in [0.25, 0.3) is 0 Å². The van der Waals surface area contributed by atoms with Gasteiger partial charge in [-0.25, -0.2) is 0 Å². The van der Waals surface area contributed by atoms with Crippen LogP contribution < -0.4 is 4.74 Å². The Bertz CT molecular complexity index is 670. The van der Waals surface area contributed by atoms with Gasteiger partial charge in [0.15, 0.2) is 0 Å². The van der Waals surface area contributed by atoms with Crippen LogP contribution in [0.5, 0.6) is 5.75 Å². The summed E-state index contributed by atoms with van der Waals surface area (Å²) in [4.78, 5) is 18.5. The number of aromatic nitrogens is 1. The van der Waals surface area contributed by atoms with Crippen molar-refractivity contribution in [1.82, 2.24) is 9.88 Å². The largest absolute Gasteiger partial charge is 0.493 e. The zero-order valence-corrected chi connectivity index (χ0v) is 13.5. The maximum atomic E-state index is 12.5. The van der Waals surface area contributed by atoms with Gasteiger partial charge in [0.1, 0.15) is 5.75 Å². The number of pyridine rings is 1. The van der Waals surface area contributed by atoms with Crippen molar-refractivity contribution in [2.45, 2.75) is 26.2 Å². The molecule has 1 aromatic heterocycles. The summed E-state index contributed by atoms with van der Waals surface area (Å²) in [5.41, 5.74) is 3.50. The van der Waals surface area contributed by atoms with Crippen LogP contribution in [0.2, 0.25) is 0 Å². The molecule has 0 saturated heterocycles. The van der Waals surface area contributed by atoms with E-state index in [1.165, 1.54) is 11.1 Å². The molecule has 1 amide bonds. The summed E-state index contributed by atoms with van der Waals surface area (Å²) in [5, 5.41) is 0. The van der Waals surface area contributed by atoms with Crippen LogP contribution in [0.15, 0.2) is 42.7 Å². The van der Waals surface area contributed by atoms with Crippen molar-refractivity contribution in [3.05, 3.63) is 59.4 Å². The van der Waals surface area contributed by atoms with E-state index in [0.29, 0.717) is 6.42 Å². The van der Waals surface area contributed by atoms with E-state index in [2.05, 4.69) is 11.1 Å². The first-order valence-corrected chi connectivity index (χ1v) is 8.17. The number of ether oxygens (including phenoxy) is 1. The second-order valence-electron chi connectivity index (χ2n) is 5.80. The Kier molecular flexibility index (Phi) is 4.91. The minimum absolute atomic E-state index is 0.181. The number of carbonyl (C=O) groups excluding carboxylic acids is 1. The standard InChI is InChI=1S/C19H22N2O2/c1-2-21(11-7-15-5-9-20-10-6-15)19(22)14-16-3-4-18-17(13-16)8-12-23-18/h3-6,9-10,13H,2,7-8,11-12,14H2,1H3. The first kappa shape index (κ1) is 15.5. The van der Waals surface area contributed by atoms with Crippen molar-refractivity contribution in [3.63, 3.8) is 0 Å². The maximum absolute atomic E-state index is 12.5. The molecule has 3 rings (SSSR count). The molecule has 1 aromatic carbocycles. The lowest BCUT2D eigenvalue weighted by Crippen LogP contribution is -2.33. The highest BCUT2D eigenvalue weighted by Crippen LogP contribution is 2.26. The molecule has 2 heterocycles. The Hall–Kier alpha value is -2.36. The van der Waals surface area contributed by atoms with Crippen LogP contribution in [0.3, 0.4) is 0 Å². The summed E-state index contributed by atoms with van der Waals surface area (Å²) in [6.07, 6.45) is 5.84. The highest BCUT2D eigenvalue weighted by molar-refractivity contribution is 5.79. The molecule has 0 saturated carbocycles. The summed E-state index contributed by atoms with van der Waals surface area (Å²) in [5.74, 6) is 1.15. The Morgan fingerprint density at radius 3 is 2.83 bits per heavy atom. The van der Waals surface area contributed by atoms with Crippen molar-refractivity contribution < 1.29 is 9.53 Å². The average molecular weight is 310 g/mol. The molecule has 0 atom stereocenters. The van der Waals surface area contributed by atoms with Crippen LogP contribution in [-0.2, 0) is 24.1 Å². The predicted molar refractivity (Wildman–Crippen MR) is 89.5 cm³/mol. The van der Waals surface area contributed by atoms with E-state index >= 15 is 0 Å². The molecule has 0 unspecified atom stereocenters. The summed E-state index contributed by atoms with van der Waals surface area (Å²) >= 11 is 0. The molecule has 2 aromatic rings. The Labute approximate surface area is 137 Å². The third-order valence-corrected chi connectivity index (χ3v) is 4.26. The lowest BCUT2D eigenvalue weighted by atomic mass is 10.1. The lowest BCUT2D eigenvalue weighted by Gasteiger charge is -2.21. The molecule has 0 N–H and O–H groups in total. The molecule has 0 fully saturated rings. The molecular formula is C19H22N2O2. The number of likely N-dealkylation sites (N-methyl/N-ethyl adjacent to an activating group) is 1. The number of nitrogens with zero attached hydrogens (tertiary/aromatic N) is 2. The monoisotopic (exact) mass is 310 g/mol. The average Bonchev–Trinajstić information content (AvgIpc) is 3.04. The number of hydrogen-bond acceptors (Lipinski definition) is 3. The first-order chi connectivity index (χ1) is 11.3. The number of amides is 1. The van der Waals surface area contributed by atoms with Crippen molar-refractivity contribution >= 4 is 5.91 Å². The molecule has 120 valence electrons. The SMILES string of the molecule is CCN(CCc1ccncc1)C(=O)Cc1ccc2c(c1)CCO2. The van der Waals surface area contributed by atoms with Gasteiger partial charge in [0.05, 0.1) is 13.0 Å². The molecule has 1 aliphatic heterocycles. The lowest BCUT2D eigenvalue weighted by molar-refractivity contribution is -0.130. The predicted octanol–water partition coefficient (Wildman–Crippen LogP) is 2.65. The van der Waals surface area contributed by atoms with Gasteiger partial charge in [0.2, 0.25) is 5.91 Å². The minimum atomic E-state index is 0.181. The quantitative estimate of drug-likeness (QED) is 0.824. The first-order valence-electron chi connectivity index (χ1n) is 8.17. The Morgan fingerprint density at radius 1 is 1.22 bits per heavy atom. The zero-order valence-electron chi connectivity index (χ0n) is 13.5. The third kappa shape index (κ3) is 3.89. The molecule has 0 radical (unpaired) electrons. The fraction of sp³-hybridized carbons (Fsp3) is 0.368. The van der Waals surface area contributed by atoms with Crippen molar-refractivity contribution in [2.75, 3.05) is 19.7 Å². The van der Waals surface area contributed by atoms with Gasteiger partial charge in [-0.3, -0.25) is 9.78 Å². The van der Waals surface area contributed by atoms with Crippen LogP contribution in [0.4, 0.5) is 0 Å². The smallest absolute Gasteiger partial charge is 0.226 e. The van der Waals surface area contributed by atoms with Gasteiger partial charge in [-0.2, -0.15) is 0 Å². The fourth-order valence-corrected chi connectivity index (χ4v) is 2.91. The van der Waals surface area contributed by atoms with Crippen LogP contribution in [0.25, 0.3) is 0 Å². The molecule has 23 heavy (non-hydrogen) atoms. The molecule has 0 bridgehead atoms. The van der Waals surface area contributed by atoms with Crippen LogP contribution in [-0.4, -0.2) is 35.5 Å². The molecule has 4 heteroatoms. The topological polar surface area (TPSA) is 42.4 Å². The number of rotatable bonds is 6. The van der Waals surface area contributed by atoms with Crippen LogP contribution >= 0.6 is 0 Å².